The SMILES string of the molecule is O=C(O)c1cn(C2CC2)c2c(F)c(NCC3CCCCN3)c(F)cc2c1=O. The summed E-state index contributed by atoms with van der Waals surface area (Å²) >= 11 is 0. The predicted molar refractivity (Wildman–Crippen MR) is 97.5 cm³/mol. The number of benzene rings is 1. The van der Waals surface area contributed by atoms with E-state index in [1.807, 2.05) is 0 Å². The number of nitrogens with one attached hydrogen (secondary N) is 2. The molecule has 4 rings (SSSR count). The quantitative estimate of drug-likeness (QED) is 0.746. The molecule has 0 amide bonds. The van der Waals surface area contributed by atoms with Crippen LogP contribution in [-0.2, 0) is 0 Å². The van der Waals surface area contributed by atoms with Crippen molar-refractivity contribution >= 4 is 22.6 Å². The summed E-state index contributed by atoms with van der Waals surface area (Å²) in [6, 6.07) is 1.01. The molecular formula is C19H21F2N3O3. The second-order valence-corrected chi connectivity index (χ2v) is 7.29. The molecule has 1 atom stereocenters. The predicted octanol–water partition coefficient (Wildman–Crippen LogP) is 2.87. The van der Waals surface area contributed by atoms with E-state index in [-0.39, 0.29) is 28.7 Å². The third kappa shape index (κ3) is 3.29. The lowest BCUT2D eigenvalue weighted by molar-refractivity contribution is 0.0695. The van der Waals surface area contributed by atoms with Gasteiger partial charge in [0.15, 0.2) is 5.82 Å². The van der Waals surface area contributed by atoms with E-state index in [1.54, 1.807) is 0 Å². The normalized spacial score (nSPS) is 20.0. The monoisotopic (exact) mass is 377 g/mol. The lowest BCUT2D eigenvalue weighted by Gasteiger charge is -2.24. The molecule has 27 heavy (non-hydrogen) atoms. The van der Waals surface area contributed by atoms with Crippen molar-refractivity contribution in [1.82, 2.24) is 9.88 Å². The Kier molecular flexibility index (Phi) is 4.59. The molecule has 2 fully saturated rings. The van der Waals surface area contributed by atoms with Crippen molar-refractivity contribution < 1.29 is 18.7 Å². The lowest BCUT2D eigenvalue weighted by atomic mass is 10.0. The fourth-order valence-electron chi connectivity index (χ4n) is 3.72. The number of halogens is 2. The Morgan fingerprint density at radius 1 is 1.30 bits per heavy atom. The van der Waals surface area contributed by atoms with Crippen molar-refractivity contribution in [2.45, 2.75) is 44.2 Å². The number of anilines is 1. The fourth-order valence-corrected chi connectivity index (χ4v) is 3.72. The van der Waals surface area contributed by atoms with E-state index in [4.69, 9.17) is 0 Å². The van der Waals surface area contributed by atoms with Crippen molar-refractivity contribution in [3.8, 4) is 0 Å². The van der Waals surface area contributed by atoms with E-state index in [0.717, 1.165) is 44.7 Å². The fraction of sp³-hybridized carbons (Fsp3) is 0.474. The first-order valence-corrected chi connectivity index (χ1v) is 9.24. The highest BCUT2D eigenvalue weighted by molar-refractivity contribution is 5.93. The van der Waals surface area contributed by atoms with Crippen LogP contribution in [0.1, 0.15) is 48.5 Å². The summed E-state index contributed by atoms with van der Waals surface area (Å²) in [6.07, 6.45) is 5.80. The molecule has 1 aliphatic carbocycles. The molecule has 2 aromatic rings. The summed E-state index contributed by atoms with van der Waals surface area (Å²) in [7, 11) is 0. The van der Waals surface area contributed by atoms with Gasteiger partial charge >= 0.3 is 5.97 Å². The number of fused-ring (bicyclic) bond motifs is 1. The van der Waals surface area contributed by atoms with Crippen LogP contribution in [-0.4, -0.2) is 34.8 Å². The average Bonchev–Trinajstić information content (AvgIpc) is 3.48. The molecule has 0 bridgehead atoms. The second-order valence-electron chi connectivity index (χ2n) is 7.29. The van der Waals surface area contributed by atoms with Gasteiger partial charge in [0.1, 0.15) is 17.1 Å². The number of hydrogen-bond donors (Lipinski definition) is 3. The number of piperidine rings is 1. The second kappa shape index (κ2) is 6.92. The Morgan fingerprint density at radius 3 is 2.70 bits per heavy atom. The summed E-state index contributed by atoms with van der Waals surface area (Å²) in [5, 5.41) is 15.2. The number of nitrogens with zero attached hydrogens (tertiary/aromatic N) is 1. The molecule has 1 aromatic heterocycles. The van der Waals surface area contributed by atoms with Crippen LogP contribution in [0.5, 0.6) is 0 Å². The van der Waals surface area contributed by atoms with E-state index in [9.17, 15) is 19.1 Å². The number of hydrogen-bond acceptors (Lipinski definition) is 4. The smallest absolute Gasteiger partial charge is 0.341 e. The van der Waals surface area contributed by atoms with Gasteiger partial charge in [-0.3, -0.25) is 4.79 Å². The summed E-state index contributed by atoms with van der Waals surface area (Å²) in [4.78, 5) is 23.8. The molecule has 1 aromatic carbocycles. The summed E-state index contributed by atoms with van der Waals surface area (Å²) < 4.78 is 31.3. The molecule has 1 aliphatic heterocycles. The van der Waals surface area contributed by atoms with Gasteiger partial charge in [0, 0.05) is 24.8 Å². The van der Waals surface area contributed by atoms with Crippen molar-refractivity contribution in [3.05, 3.63) is 39.7 Å². The zero-order valence-electron chi connectivity index (χ0n) is 14.7. The molecule has 144 valence electrons. The minimum atomic E-state index is -1.40. The Balaban J connectivity index is 1.80. The maximum absolute atomic E-state index is 15.2. The molecule has 0 radical (unpaired) electrons. The number of aromatic nitrogens is 1. The van der Waals surface area contributed by atoms with Gasteiger partial charge in [-0.1, -0.05) is 6.42 Å². The van der Waals surface area contributed by atoms with Gasteiger partial charge in [-0.2, -0.15) is 0 Å². The Bertz CT molecular complexity index is 963. The van der Waals surface area contributed by atoms with Gasteiger partial charge in [0.2, 0.25) is 5.43 Å². The highest BCUT2D eigenvalue weighted by Gasteiger charge is 2.30. The highest BCUT2D eigenvalue weighted by atomic mass is 19.1. The molecule has 8 heteroatoms. The molecule has 0 spiro atoms. The molecule has 1 saturated carbocycles. The van der Waals surface area contributed by atoms with Crippen LogP contribution in [0.3, 0.4) is 0 Å². The van der Waals surface area contributed by atoms with Crippen LogP contribution in [0.25, 0.3) is 10.9 Å². The first kappa shape index (κ1) is 17.9. The minimum absolute atomic E-state index is 0.0343. The Labute approximate surface area is 154 Å². The lowest BCUT2D eigenvalue weighted by Crippen LogP contribution is -2.39. The van der Waals surface area contributed by atoms with Crippen LogP contribution in [0.4, 0.5) is 14.5 Å². The van der Waals surface area contributed by atoms with Crippen LogP contribution in [0, 0.1) is 11.6 Å². The topological polar surface area (TPSA) is 83.4 Å². The van der Waals surface area contributed by atoms with Gasteiger partial charge in [0.05, 0.1) is 10.9 Å². The van der Waals surface area contributed by atoms with Crippen molar-refractivity contribution in [3.63, 3.8) is 0 Å². The van der Waals surface area contributed by atoms with E-state index in [1.165, 1.54) is 10.8 Å². The highest BCUT2D eigenvalue weighted by Crippen LogP contribution is 2.39. The minimum Gasteiger partial charge on any atom is -0.477 e. The maximum atomic E-state index is 15.2. The zero-order valence-corrected chi connectivity index (χ0v) is 14.7. The molecule has 1 saturated heterocycles. The Hall–Kier alpha value is -2.48. The number of carboxylic acid groups (broad SMARTS) is 1. The number of aromatic carboxylic acids is 1. The first-order valence-electron chi connectivity index (χ1n) is 9.24. The standard InChI is InChI=1S/C19H21F2N3O3/c20-14-7-12-17(15(21)16(14)23-8-10-3-1-2-6-22-10)24(11-4-5-11)9-13(18(12)25)19(26)27/h7,9-11,22-23H,1-6,8H2,(H,26,27). The maximum Gasteiger partial charge on any atom is 0.341 e. The van der Waals surface area contributed by atoms with E-state index in [2.05, 4.69) is 10.6 Å². The van der Waals surface area contributed by atoms with Crippen molar-refractivity contribution in [2.75, 3.05) is 18.4 Å². The van der Waals surface area contributed by atoms with Gasteiger partial charge < -0.3 is 20.3 Å². The molecule has 2 aliphatic rings. The van der Waals surface area contributed by atoms with E-state index < -0.39 is 28.6 Å². The summed E-state index contributed by atoms with van der Waals surface area (Å²) in [6.45, 7) is 1.26. The van der Waals surface area contributed by atoms with Crippen LogP contribution in [0.2, 0.25) is 0 Å². The van der Waals surface area contributed by atoms with Gasteiger partial charge in [0.25, 0.3) is 0 Å². The number of rotatable bonds is 5. The number of carboxylic acids is 1. The van der Waals surface area contributed by atoms with Gasteiger partial charge in [-0.25, -0.2) is 13.6 Å². The Morgan fingerprint density at radius 2 is 2.07 bits per heavy atom. The van der Waals surface area contributed by atoms with Crippen LogP contribution >= 0.6 is 0 Å². The molecule has 1 unspecified atom stereocenters. The van der Waals surface area contributed by atoms with Crippen molar-refractivity contribution in [1.29, 1.82) is 0 Å². The van der Waals surface area contributed by atoms with Crippen molar-refractivity contribution in [2.24, 2.45) is 0 Å². The number of carbonyl (C=O) groups is 1. The molecular weight excluding hydrogens is 356 g/mol. The average molecular weight is 377 g/mol. The number of pyridine rings is 1. The summed E-state index contributed by atoms with van der Waals surface area (Å²) in [5.74, 6) is -3.14. The van der Waals surface area contributed by atoms with E-state index >= 15 is 4.39 Å². The van der Waals surface area contributed by atoms with Gasteiger partial charge in [-0.15, -0.1) is 0 Å². The molecule has 3 N–H and O–H groups in total. The van der Waals surface area contributed by atoms with Crippen LogP contribution < -0.4 is 16.1 Å². The zero-order chi connectivity index (χ0) is 19.1. The third-order valence-corrected chi connectivity index (χ3v) is 5.32. The van der Waals surface area contributed by atoms with Crippen LogP contribution in [0.15, 0.2) is 17.1 Å². The third-order valence-electron chi connectivity index (χ3n) is 5.32. The van der Waals surface area contributed by atoms with E-state index in [0.29, 0.717) is 6.54 Å². The first-order chi connectivity index (χ1) is 13.0. The largest absolute Gasteiger partial charge is 0.477 e. The summed E-state index contributed by atoms with van der Waals surface area (Å²) in [5.41, 5.74) is -1.65. The molecule has 2 heterocycles. The molecule has 6 nitrogen and oxygen atoms in total. The van der Waals surface area contributed by atoms with Gasteiger partial charge in [-0.05, 0) is 38.3 Å².